The second-order valence-electron chi connectivity index (χ2n) is 5.25. The van der Waals surface area contributed by atoms with Gasteiger partial charge in [-0.25, -0.2) is 0 Å². The Morgan fingerprint density at radius 2 is 2.05 bits per heavy atom. The smallest absolute Gasteiger partial charge is 0.122 e. The van der Waals surface area contributed by atoms with E-state index < -0.39 is 6.10 Å². The van der Waals surface area contributed by atoms with Crippen molar-refractivity contribution in [2.24, 2.45) is 0 Å². The van der Waals surface area contributed by atoms with Gasteiger partial charge in [-0.3, -0.25) is 0 Å². The number of ether oxygens (including phenoxy) is 1. The first-order chi connectivity index (χ1) is 9.65. The lowest BCUT2D eigenvalue weighted by atomic mass is 9.96. The molecule has 1 heterocycles. The summed E-state index contributed by atoms with van der Waals surface area (Å²) in [4.78, 5) is 0. The van der Waals surface area contributed by atoms with Gasteiger partial charge >= 0.3 is 0 Å². The predicted molar refractivity (Wildman–Crippen MR) is 83.2 cm³/mol. The molecule has 1 N–H and O–H groups in total. The standard InChI is InChI=1S/C17H17BrO2/c1-11-4-6-14(15(18)9-11)17(19)13-5-7-16-12(10-13)3-2-8-20-16/h4-7,9-10,17,19H,2-3,8H2,1H3. The Hall–Kier alpha value is -1.32. The Labute approximate surface area is 127 Å². The van der Waals surface area contributed by atoms with Crippen LogP contribution in [0.15, 0.2) is 40.9 Å². The molecule has 0 spiro atoms. The zero-order valence-corrected chi connectivity index (χ0v) is 13.0. The zero-order chi connectivity index (χ0) is 14.1. The second kappa shape index (κ2) is 5.58. The highest BCUT2D eigenvalue weighted by Crippen LogP contribution is 2.33. The average molecular weight is 333 g/mol. The highest BCUT2D eigenvalue weighted by atomic mass is 79.9. The number of aliphatic hydroxyl groups is 1. The summed E-state index contributed by atoms with van der Waals surface area (Å²) in [6, 6.07) is 12.0. The van der Waals surface area contributed by atoms with Crippen molar-refractivity contribution < 1.29 is 9.84 Å². The molecule has 2 aromatic carbocycles. The molecule has 0 amide bonds. The predicted octanol–water partition coefficient (Wildman–Crippen LogP) is 4.16. The Kier molecular flexibility index (Phi) is 3.81. The van der Waals surface area contributed by atoms with Crippen LogP contribution < -0.4 is 4.74 Å². The lowest BCUT2D eigenvalue weighted by molar-refractivity contribution is 0.218. The van der Waals surface area contributed by atoms with Crippen LogP contribution in [0.25, 0.3) is 0 Å². The highest BCUT2D eigenvalue weighted by molar-refractivity contribution is 9.10. The molecule has 0 saturated heterocycles. The van der Waals surface area contributed by atoms with Crippen molar-refractivity contribution >= 4 is 15.9 Å². The van der Waals surface area contributed by atoms with Crippen LogP contribution >= 0.6 is 15.9 Å². The molecular formula is C17H17BrO2. The minimum absolute atomic E-state index is 0.614. The van der Waals surface area contributed by atoms with Gasteiger partial charge in [0.15, 0.2) is 0 Å². The summed E-state index contributed by atoms with van der Waals surface area (Å²) >= 11 is 3.54. The summed E-state index contributed by atoms with van der Waals surface area (Å²) in [6.45, 7) is 2.83. The molecular weight excluding hydrogens is 316 g/mol. The van der Waals surface area contributed by atoms with E-state index in [0.717, 1.165) is 40.8 Å². The fourth-order valence-electron chi connectivity index (χ4n) is 2.58. The largest absolute Gasteiger partial charge is 0.493 e. The molecule has 1 aliphatic heterocycles. The molecule has 0 aromatic heterocycles. The summed E-state index contributed by atoms with van der Waals surface area (Å²) in [7, 11) is 0. The normalized spacial score (nSPS) is 15.3. The van der Waals surface area contributed by atoms with E-state index in [1.807, 2.05) is 37.3 Å². The SMILES string of the molecule is Cc1ccc(C(O)c2ccc3c(c2)CCCO3)c(Br)c1. The van der Waals surface area contributed by atoms with Crippen molar-refractivity contribution in [1.29, 1.82) is 0 Å². The quantitative estimate of drug-likeness (QED) is 0.894. The molecule has 2 aromatic rings. The van der Waals surface area contributed by atoms with E-state index in [0.29, 0.717) is 0 Å². The van der Waals surface area contributed by atoms with Crippen molar-refractivity contribution in [3.63, 3.8) is 0 Å². The van der Waals surface area contributed by atoms with Gasteiger partial charge in [0.25, 0.3) is 0 Å². The maximum absolute atomic E-state index is 10.6. The average Bonchev–Trinajstić information content (AvgIpc) is 2.46. The van der Waals surface area contributed by atoms with Crippen LogP contribution in [-0.2, 0) is 6.42 Å². The number of hydrogen-bond acceptors (Lipinski definition) is 2. The molecule has 1 atom stereocenters. The summed E-state index contributed by atoms with van der Waals surface area (Å²) in [5.41, 5.74) is 4.17. The van der Waals surface area contributed by atoms with Crippen LogP contribution in [0.4, 0.5) is 0 Å². The molecule has 1 aliphatic rings. The van der Waals surface area contributed by atoms with E-state index in [4.69, 9.17) is 4.74 Å². The fourth-order valence-corrected chi connectivity index (χ4v) is 3.29. The van der Waals surface area contributed by atoms with E-state index in [1.165, 1.54) is 11.1 Å². The number of aryl methyl sites for hydroxylation is 2. The molecule has 0 radical (unpaired) electrons. The van der Waals surface area contributed by atoms with Crippen LogP contribution in [0.2, 0.25) is 0 Å². The highest BCUT2D eigenvalue weighted by Gasteiger charge is 2.17. The Balaban J connectivity index is 1.95. The third-order valence-electron chi connectivity index (χ3n) is 3.70. The third-order valence-corrected chi connectivity index (χ3v) is 4.39. The Morgan fingerprint density at radius 1 is 1.20 bits per heavy atom. The molecule has 0 saturated carbocycles. The fraction of sp³-hybridized carbons (Fsp3) is 0.294. The number of halogens is 1. The monoisotopic (exact) mass is 332 g/mol. The topological polar surface area (TPSA) is 29.5 Å². The Bertz CT molecular complexity index is 637. The number of rotatable bonds is 2. The first-order valence-corrected chi connectivity index (χ1v) is 7.64. The van der Waals surface area contributed by atoms with E-state index >= 15 is 0 Å². The van der Waals surface area contributed by atoms with Crippen molar-refractivity contribution in [2.45, 2.75) is 25.9 Å². The van der Waals surface area contributed by atoms with Gasteiger partial charge in [-0.1, -0.05) is 34.1 Å². The minimum atomic E-state index is -0.614. The van der Waals surface area contributed by atoms with Gasteiger partial charge in [-0.05, 0) is 60.2 Å². The number of benzene rings is 2. The van der Waals surface area contributed by atoms with Gasteiger partial charge in [0, 0.05) is 4.47 Å². The number of aliphatic hydroxyl groups excluding tert-OH is 1. The van der Waals surface area contributed by atoms with Gasteiger partial charge < -0.3 is 9.84 Å². The van der Waals surface area contributed by atoms with Gasteiger partial charge in [0.2, 0.25) is 0 Å². The second-order valence-corrected chi connectivity index (χ2v) is 6.10. The maximum atomic E-state index is 10.6. The third kappa shape index (κ3) is 2.60. The molecule has 0 fully saturated rings. The maximum Gasteiger partial charge on any atom is 0.122 e. The number of fused-ring (bicyclic) bond motifs is 1. The molecule has 3 heteroatoms. The van der Waals surface area contributed by atoms with Gasteiger partial charge in [-0.2, -0.15) is 0 Å². The number of hydrogen-bond donors (Lipinski definition) is 1. The minimum Gasteiger partial charge on any atom is -0.493 e. The van der Waals surface area contributed by atoms with Gasteiger partial charge in [-0.15, -0.1) is 0 Å². The van der Waals surface area contributed by atoms with Gasteiger partial charge in [0.05, 0.1) is 6.61 Å². The first-order valence-electron chi connectivity index (χ1n) is 6.85. The van der Waals surface area contributed by atoms with Gasteiger partial charge in [0.1, 0.15) is 11.9 Å². The molecule has 1 unspecified atom stereocenters. The van der Waals surface area contributed by atoms with E-state index in [1.54, 1.807) is 0 Å². The summed E-state index contributed by atoms with van der Waals surface area (Å²) in [6.07, 6.45) is 1.45. The van der Waals surface area contributed by atoms with Crippen LogP contribution in [-0.4, -0.2) is 11.7 Å². The van der Waals surface area contributed by atoms with E-state index in [9.17, 15) is 5.11 Å². The molecule has 20 heavy (non-hydrogen) atoms. The van der Waals surface area contributed by atoms with Crippen molar-refractivity contribution in [2.75, 3.05) is 6.61 Å². The lowest BCUT2D eigenvalue weighted by Gasteiger charge is -2.20. The zero-order valence-electron chi connectivity index (χ0n) is 11.4. The lowest BCUT2D eigenvalue weighted by Crippen LogP contribution is -2.09. The summed E-state index contributed by atoms with van der Waals surface area (Å²) in [5, 5.41) is 10.6. The van der Waals surface area contributed by atoms with Crippen LogP contribution in [0, 0.1) is 6.92 Å². The molecule has 104 valence electrons. The van der Waals surface area contributed by atoms with Crippen molar-refractivity contribution in [3.05, 3.63) is 63.1 Å². The molecule has 0 aliphatic carbocycles. The van der Waals surface area contributed by atoms with E-state index in [-0.39, 0.29) is 0 Å². The summed E-state index contributed by atoms with van der Waals surface area (Å²) < 4.78 is 6.56. The van der Waals surface area contributed by atoms with Crippen molar-refractivity contribution in [1.82, 2.24) is 0 Å². The van der Waals surface area contributed by atoms with Crippen molar-refractivity contribution in [3.8, 4) is 5.75 Å². The summed E-state index contributed by atoms with van der Waals surface area (Å²) in [5.74, 6) is 0.954. The molecule has 0 bridgehead atoms. The van der Waals surface area contributed by atoms with Crippen LogP contribution in [0.3, 0.4) is 0 Å². The van der Waals surface area contributed by atoms with Crippen LogP contribution in [0.5, 0.6) is 5.75 Å². The molecule has 2 nitrogen and oxygen atoms in total. The molecule has 3 rings (SSSR count). The Morgan fingerprint density at radius 3 is 2.85 bits per heavy atom. The van der Waals surface area contributed by atoms with E-state index in [2.05, 4.69) is 22.0 Å². The first kappa shape index (κ1) is 13.7. The van der Waals surface area contributed by atoms with Crippen LogP contribution in [0.1, 0.15) is 34.8 Å².